The highest BCUT2D eigenvalue weighted by atomic mass is 32.2. The molecule has 7 heteroatoms. The lowest BCUT2D eigenvalue weighted by Gasteiger charge is -2.05. The molecule has 23 heavy (non-hydrogen) atoms. The molecular formula is C16H16N4O2S. The number of nitrogens with two attached hydrogens (primary N) is 1. The van der Waals surface area contributed by atoms with Crippen LogP contribution in [-0.2, 0) is 10.0 Å². The van der Waals surface area contributed by atoms with Crippen molar-refractivity contribution >= 4 is 16.0 Å². The first kappa shape index (κ1) is 15.2. The predicted molar refractivity (Wildman–Crippen MR) is 88.4 cm³/mol. The summed E-state index contributed by atoms with van der Waals surface area (Å²) in [4.78, 5) is 4.20. The van der Waals surface area contributed by atoms with Crippen LogP contribution in [0.3, 0.4) is 0 Å². The van der Waals surface area contributed by atoms with Gasteiger partial charge in [-0.2, -0.15) is 13.4 Å². The Balaban J connectivity index is 2.09. The Morgan fingerprint density at radius 2 is 1.70 bits per heavy atom. The van der Waals surface area contributed by atoms with Gasteiger partial charge in [0.15, 0.2) is 5.82 Å². The topological polar surface area (TPSA) is 90.9 Å². The summed E-state index contributed by atoms with van der Waals surface area (Å²) < 4.78 is 26.1. The summed E-state index contributed by atoms with van der Waals surface area (Å²) in [6, 6.07) is 14.0. The molecule has 2 aromatic carbocycles. The Kier molecular flexibility index (Phi) is 3.65. The van der Waals surface area contributed by atoms with Crippen molar-refractivity contribution in [3.63, 3.8) is 0 Å². The number of aryl methyl sites for hydroxylation is 2. The molecule has 0 bridgehead atoms. The molecule has 1 heterocycles. The lowest BCUT2D eigenvalue weighted by molar-refractivity contribution is 0.581. The van der Waals surface area contributed by atoms with Gasteiger partial charge in [-0.3, -0.25) is 0 Å². The molecular weight excluding hydrogens is 312 g/mol. The fourth-order valence-electron chi connectivity index (χ4n) is 2.20. The van der Waals surface area contributed by atoms with E-state index in [1.165, 1.54) is 12.1 Å². The van der Waals surface area contributed by atoms with Crippen molar-refractivity contribution in [2.45, 2.75) is 18.7 Å². The van der Waals surface area contributed by atoms with Crippen LogP contribution in [-0.4, -0.2) is 22.6 Å². The van der Waals surface area contributed by atoms with Crippen molar-refractivity contribution in [2.75, 3.05) is 5.73 Å². The van der Waals surface area contributed by atoms with Crippen LogP contribution in [0.5, 0.6) is 0 Å². The number of nitrogen functional groups attached to an aromatic ring is 1. The molecule has 0 aliphatic heterocycles. The van der Waals surface area contributed by atoms with Gasteiger partial charge >= 0.3 is 0 Å². The van der Waals surface area contributed by atoms with Gasteiger partial charge in [-0.05, 0) is 32.0 Å². The summed E-state index contributed by atoms with van der Waals surface area (Å²) in [5.41, 5.74) is 8.49. The number of rotatable bonds is 3. The van der Waals surface area contributed by atoms with E-state index in [1.54, 1.807) is 12.1 Å². The standard InChI is InChI=1S/C16H16N4O2S/c1-11-6-8-14(9-7-11)23(21,22)20-16(17)18-15(19-20)13-5-3-4-12(2)10-13/h3-10H,1-2H3,(H2,17,18,19). The fourth-order valence-corrected chi connectivity index (χ4v) is 3.36. The minimum absolute atomic E-state index is 0.121. The van der Waals surface area contributed by atoms with Gasteiger partial charge in [-0.1, -0.05) is 41.5 Å². The van der Waals surface area contributed by atoms with Crippen LogP contribution in [0.1, 0.15) is 11.1 Å². The zero-order chi connectivity index (χ0) is 16.6. The van der Waals surface area contributed by atoms with Gasteiger partial charge in [0.1, 0.15) is 0 Å². The first-order chi connectivity index (χ1) is 10.9. The Hall–Kier alpha value is -2.67. The van der Waals surface area contributed by atoms with E-state index in [-0.39, 0.29) is 16.7 Å². The Labute approximate surface area is 134 Å². The molecule has 0 fully saturated rings. The molecule has 2 N–H and O–H groups in total. The number of aromatic nitrogens is 3. The molecule has 1 aromatic heterocycles. The third-order valence-electron chi connectivity index (χ3n) is 3.42. The maximum Gasteiger partial charge on any atom is 0.286 e. The second-order valence-electron chi connectivity index (χ2n) is 5.32. The predicted octanol–water partition coefficient (Wildman–Crippen LogP) is 2.38. The summed E-state index contributed by atoms with van der Waals surface area (Å²) in [7, 11) is -3.87. The smallest absolute Gasteiger partial charge is 0.286 e. The molecule has 0 aliphatic rings. The Morgan fingerprint density at radius 3 is 2.35 bits per heavy atom. The highest BCUT2D eigenvalue weighted by Crippen LogP contribution is 2.21. The van der Waals surface area contributed by atoms with Gasteiger partial charge in [0, 0.05) is 5.56 Å². The summed E-state index contributed by atoms with van der Waals surface area (Å²) in [5, 5.41) is 4.08. The van der Waals surface area contributed by atoms with Crippen LogP contribution < -0.4 is 5.73 Å². The van der Waals surface area contributed by atoms with Gasteiger partial charge < -0.3 is 5.73 Å². The van der Waals surface area contributed by atoms with Crippen LogP contribution in [0, 0.1) is 13.8 Å². The average Bonchev–Trinajstić information content (AvgIpc) is 2.90. The number of hydrogen-bond donors (Lipinski definition) is 1. The van der Waals surface area contributed by atoms with Crippen LogP contribution in [0.25, 0.3) is 11.4 Å². The molecule has 0 aliphatic carbocycles. The molecule has 0 radical (unpaired) electrons. The van der Waals surface area contributed by atoms with E-state index < -0.39 is 10.0 Å². The third-order valence-corrected chi connectivity index (χ3v) is 5.02. The van der Waals surface area contributed by atoms with Gasteiger partial charge in [0.2, 0.25) is 5.95 Å². The number of benzene rings is 2. The van der Waals surface area contributed by atoms with Crippen molar-refractivity contribution in [1.29, 1.82) is 0 Å². The highest BCUT2D eigenvalue weighted by molar-refractivity contribution is 7.90. The first-order valence-corrected chi connectivity index (χ1v) is 8.44. The first-order valence-electron chi connectivity index (χ1n) is 7.00. The number of hydrogen-bond acceptors (Lipinski definition) is 5. The quantitative estimate of drug-likeness (QED) is 0.797. The third kappa shape index (κ3) is 2.83. The van der Waals surface area contributed by atoms with E-state index >= 15 is 0 Å². The average molecular weight is 328 g/mol. The largest absolute Gasteiger partial charge is 0.367 e. The van der Waals surface area contributed by atoms with Crippen molar-refractivity contribution in [2.24, 2.45) is 0 Å². The Morgan fingerprint density at radius 1 is 1.00 bits per heavy atom. The van der Waals surface area contributed by atoms with Gasteiger partial charge in [-0.25, -0.2) is 0 Å². The van der Waals surface area contributed by atoms with Crippen molar-refractivity contribution in [1.82, 2.24) is 14.2 Å². The molecule has 0 atom stereocenters. The van der Waals surface area contributed by atoms with E-state index in [9.17, 15) is 8.42 Å². The summed E-state index contributed by atoms with van der Waals surface area (Å²) >= 11 is 0. The monoisotopic (exact) mass is 328 g/mol. The fraction of sp³-hybridized carbons (Fsp3) is 0.125. The van der Waals surface area contributed by atoms with Crippen molar-refractivity contribution in [3.8, 4) is 11.4 Å². The van der Waals surface area contributed by atoms with Crippen molar-refractivity contribution < 1.29 is 8.42 Å². The molecule has 0 spiro atoms. The minimum Gasteiger partial charge on any atom is -0.367 e. The van der Waals surface area contributed by atoms with Crippen molar-refractivity contribution in [3.05, 3.63) is 59.7 Å². The minimum atomic E-state index is -3.87. The summed E-state index contributed by atoms with van der Waals surface area (Å²) in [6.45, 7) is 3.82. The van der Waals surface area contributed by atoms with E-state index in [2.05, 4.69) is 10.1 Å². The Bertz CT molecular complexity index is 960. The second-order valence-corrected chi connectivity index (χ2v) is 7.09. The maximum absolute atomic E-state index is 12.7. The zero-order valence-electron chi connectivity index (χ0n) is 12.8. The van der Waals surface area contributed by atoms with E-state index in [0.717, 1.165) is 20.8 Å². The maximum atomic E-state index is 12.7. The van der Waals surface area contributed by atoms with E-state index in [1.807, 2.05) is 38.1 Å². The molecule has 0 saturated carbocycles. The lowest BCUT2D eigenvalue weighted by Crippen LogP contribution is -2.17. The molecule has 0 saturated heterocycles. The number of nitrogens with zero attached hydrogens (tertiary/aromatic N) is 3. The summed E-state index contributed by atoms with van der Waals surface area (Å²) in [5.74, 6) is 0.115. The van der Waals surface area contributed by atoms with Gasteiger partial charge in [-0.15, -0.1) is 9.19 Å². The van der Waals surface area contributed by atoms with Gasteiger partial charge in [0.05, 0.1) is 4.90 Å². The van der Waals surface area contributed by atoms with E-state index in [4.69, 9.17) is 5.73 Å². The normalized spacial score (nSPS) is 11.6. The van der Waals surface area contributed by atoms with E-state index in [0.29, 0.717) is 0 Å². The highest BCUT2D eigenvalue weighted by Gasteiger charge is 2.23. The SMILES string of the molecule is Cc1ccc(S(=O)(=O)n2nc(-c3cccc(C)c3)nc2N)cc1. The lowest BCUT2D eigenvalue weighted by atomic mass is 10.1. The number of anilines is 1. The van der Waals surface area contributed by atoms with Crippen LogP contribution >= 0.6 is 0 Å². The molecule has 3 aromatic rings. The summed E-state index contributed by atoms with van der Waals surface area (Å²) in [6.07, 6.45) is 0. The van der Waals surface area contributed by atoms with Crippen LogP contribution in [0.2, 0.25) is 0 Å². The molecule has 6 nitrogen and oxygen atoms in total. The second kappa shape index (κ2) is 5.51. The zero-order valence-corrected chi connectivity index (χ0v) is 13.6. The van der Waals surface area contributed by atoms with Crippen LogP contribution in [0.15, 0.2) is 53.4 Å². The van der Waals surface area contributed by atoms with Crippen LogP contribution in [0.4, 0.5) is 5.95 Å². The molecule has 0 amide bonds. The van der Waals surface area contributed by atoms with Gasteiger partial charge in [0.25, 0.3) is 10.0 Å². The molecule has 118 valence electrons. The molecule has 0 unspecified atom stereocenters. The molecule has 3 rings (SSSR count).